The number of fused-ring (bicyclic) bond motifs is 1. The molecule has 1 heterocycles. The average Bonchev–Trinajstić information content (AvgIpc) is 3.93. The molecule has 1 aliphatic heterocycles. The minimum Gasteiger partial charge on any atom is -0.346 e. The molecule has 1 saturated heterocycles. The van der Waals surface area contributed by atoms with Crippen LogP contribution in [0.3, 0.4) is 0 Å². The minimum absolute atomic E-state index is 0.0130. The van der Waals surface area contributed by atoms with Gasteiger partial charge in [0, 0.05) is 18.8 Å². The Labute approximate surface area is 298 Å². The zero-order valence-corrected chi connectivity index (χ0v) is 31.3. The van der Waals surface area contributed by atoms with Gasteiger partial charge >= 0.3 is 6.03 Å². The smallest absolute Gasteiger partial charge is 0.315 e. The molecule has 5 fully saturated rings. The van der Waals surface area contributed by atoms with E-state index < -0.39 is 62.5 Å². The van der Waals surface area contributed by atoms with Crippen LogP contribution in [0.1, 0.15) is 111 Å². The third-order valence-electron chi connectivity index (χ3n) is 12.6. The fourth-order valence-corrected chi connectivity index (χ4v) is 10.6. The summed E-state index contributed by atoms with van der Waals surface area (Å²) < 4.78 is 25.6. The first-order chi connectivity index (χ1) is 23.6. The molecule has 5 amide bonds. The Bertz CT molecular complexity index is 1450. The van der Waals surface area contributed by atoms with Crippen LogP contribution < -0.4 is 21.3 Å². The maximum Gasteiger partial charge on any atom is 0.315 e. The van der Waals surface area contributed by atoms with Gasteiger partial charge in [-0.05, 0) is 60.7 Å². The molecule has 0 radical (unpaired) electrons. The van der Waals surface area contributed by atoms with E-state index >= 15 is 0 Å². The zero-order chi connectivity index (χ0) is 36.5. The molecule has 4 aliphatic carbocycles. The van der Waals surface area contributed by atoms with Gasteiger partial charge in [0.25, 0.3) is 5.91 Å². The lowest BCUT2D eigenvalue weighted by atomic mass is 9.70. The largest absolute Gasteiger partial charge is 0.346 e. The van der Waals surface area contributed by atoms with E-state index in [1.807, 2.05) is 6.92 Å². The number of ketones is 1. The molecule has 4 saturated carbocycles. The molecule has 12 nitrogen and oxygen atoms in total. The van der Waals surface area contributed by atoms with E-state index in [-0.39, 0.29) is 47.1 Å². The summed E-state index contributed by atoms with van der Waals surface area (Å²) in [6.45, 7) is 11.9. The van der Waals surface area contributed by atoms with Crippen molar-refractivity contribution in [3.8, 4) is 0 Å². The molecule has 50 heavy (non-hydrogen) atoms. The van der Waals surface area contributed by atoms with Crippen LogP contribution in [0.5, 0.6) is 0 Å². The van der Waals surface area contributed by atoms with Gasteiger partial charge in [-0.2, -0.15) is 0 Å². The standard InChI is InChI=1S/C37H59N5O7S/c1-6-20-38-32(45)29(43)26(21-24-14-15-24)39-31(44)28-27-25(35(27,3)4)22-42(28)33(46)30(36(5)16-10-8-11-17-36)40-34(47)41-37(18-12-9-13-19-37)23-50(48,49)7-2/h6,24-28,30H,1,7-23H2,2-5H3,(H,38,45)(H,39,44)(H2,40,41,47)/t25-,26?,27-,28-,30+/m0/s1. The summed E-state index contributed by atoms with van der Waals surface area (Å²) in [7, 11) is -3.39. The van der Waals surface area contributed by atoms with Crippen molar-refractivity contribution in [1.29, 1.82) is 0 Å². The van der Waals surface area contributed by atoms with Crippen molar-refractivity contribution in [3.63, 3.8) is 0 Å². The lowest BCUT2D eigenvalue weighted by Crippen LogP contribution is -2.64. The molecule has 0 aromatic heterocycles. The summed E-state index contributed by atoms with van der Waals surface area (Å²) in [4.78, 5) is 70.5. The first-order valence-electron chi connectivity index (χ1n) is 18.9. The summed E-state index contributed by atoms with van der Waals surface area (Å²) in [5, 5.41) is 11.5. The van der Waals surface area contributed by atoms with Gasteiger partial charge in [0.1, 0.15) is 12.1 Å². The van der Waals surface area contributed by atoms with Crippen molar-refractivity contribution >= 4 is 39.4 Å². The van der Waals surface area contributed by atoms with E-state index in [1.54, 1.807) is 11.8 Å². The number of likely N-dealkylation sites (tertiary alicyclic amines) is 1. The van der Waals surface area contributed by atoms with Crippen LogP contribution in [0.25, 0.3) is 0 Å². The molecule has 0 spiro atoms. The zero-order valence-electron chi connectivity index (χ0n) is 30.5. The van der Waals surface area contributed by atoms with Gasteiger partial charge < -0.3 is 26.2 Å². The van der Waals surface area contributed by atoms with Crippen LogP contribution >= 0.6 is 0 Å². The van der Waals surface area contributed by atoms with E-state index in [0.29, 0.717) is 25.8 Å². The summed E-state index contributed by atoms with van der Waals surface area (Å²) in [5.41, 5.74) is -1.66. The molecule has 1 unspecified atom stereocenters. The second-order valence-corrected chi connectivity index (χ2v) is 19.1. The lowest BCUT2D eigenvalue weighted by molar-refractivity contribution is -0.146. The van der Waals surface area contributed by atoms with E-state index in [9.17, 15) is 32.4 Å². The Morgan fingerprint density at radius 2 is 1.54 bits per heavy atom. The summed E-state index contributed by atoms with van der Waals surface area (Å²) in [5.74, 6) is -2.22. The highest BCUT2D eigenvalue weighted by Crippen LogP contribution is 2.65. The van der Waals surface area contributed by atoms with Crippen molar-refractivity contribution in [2.45, 2.75) is 135 Å². The highest BCUT2D eigenvalue weighted by molar-refractivity contribution is 7.91. The maximum atomic E-state index is 14.8. The molecular weight excluding hydrogens is 659 g/mol. The molecule has 4 N–H and O–H groups in total. The van der Waals surface area contributed by atoms with Crippen molar-refractivity contribution in [2.75, 3.05) is 24.6 Å². The number of Topliss-reactive ketones (excluding diaryl/α,β-unsaturated/α-hetero) is 1. The molecule has 0 aromatic carbocycles. The van der Waals surface area contributed by atoms with Crippen molar-refractivity contribution in [2.24, 2.45) is 28.6 Å². The number of carbonyl (C=O) groups is 5. The number of piperidine rings is 1. The van der Waals surface area contributed by atoms with Crippen molar-refractivity contribution in [3.05, 3.63) is 12.7 Å². The van der Waals surface area contributed by atoms with Crippen LogP contribution in [-0.4, -0.2) is 91.1 Å². The van der Waals surface area contributed by atoms with Gasteiger partial charge in [-0.1, -0.05) is 85.1 Å². The molecule has 13 heteroatoms. The third kappa shape index (κ3) is 8.39. The number of sulfone groups is 1. The van der Waals surface area contributed by atoms with E-state index in [0.717, 1.165) is 64.2 Å². The van der Waals surface area contributed by atoms with E-state index in [4.69, 9.17) is 0 Å². The first kappa shape index (κ1) is 38.3. The Kier molecular flexibility index (Phi) is 11.4. The molecule has 280 valence electrons. The fraction of sp³-hybridized carbons (Fsp3) is 0.811. The number of nitrogens with one attached hydrogen (secondary N) is 4. The Morgan fingerprint density at radius 1 is 0.920 bits per heavy atom. The number of hydrogen-bond acceptors (Lipinski definition) is 7. The Hall–Kier alpha value is -2.96. The number of amides is 5. The highest BCUT2D eigenvalue weighted by atomic mass is 32.2. The van der Waals surface area contributed by atoms with E-state index in [2.05, 4.69) is 41.7 Å². The summed E-state index contributed by atoms with van der Waals surface area (Å²) in [6.07, 6.45) is 11.7. The van der Waals surface area contributed by atoms with Crippen LogP contribution in [0.4, 0.5) is 4.79 Å². The Balaban J connectivity index is 1.39. The highest BCUT2D eigenvalue weighted by Gasteiger charge is 2.70. The predicted octanol–water partition coefficient (Wildman–Crippen LogP) is 3.40. The van der Waals surface area contributed by atoms with Crippen molar-refractivity contribution < 1.29 is 32.4 Å². The fourth-order valence-electron chi connectivity index (χ4n) is 9.21. The van der Waals surface area contributed by atoms with E-state index in [1.165, 1.54) is 6.08 Å². The Morgan fingerprint density at radius 3 is 2.12 bits per heavy atom. The molecule has 5 aliphatic rings. The molecule has 5 atom stereocenters. The number of carbonyl (C=O) groups excluding carboxylic acids is 5. The van der Waals surface area contributed by atoms with Crippen LogP contribution in [0.2, 0.25) is 0 Å². The van der Waals surface area contributed by atoms with Crippen LogP contribution in [-0.2, 0) is 29.0 Å². The monoisotopic (exact) mass is 717 g/mol. The second kappa shape index (κ2) is 14.9. The topological polar surface area (TPSA) is 171 Å². The summed E-state index contributed by atoms with van der Waals surface area (Å²) >= 11 is 0. The third-order valence-corrected chi connectivity index (χ3v) is 14.5. The van der Waals surface area contributed by atoms with Gasteiger partial charge in [0.2, 0.25) is 17.6 Å². The number of hydrogen-bond donors (Lipinski definition) is 4. The number of urea groups is 1. The van der Waals surface area contributed by atoms with Gasteiger partial charge in [-0.3, -0.25) is 19.2 Å². The normalized spacial score (nSPS) is 27.5. The van der Waals surface area contributed by atoms with Gasteiger partial charge in [0.15, 0.2) is 9.84 Å². The average molecular weight is 718 g/mol. The second-order valence-electron chi connectivity index (χ2n) is 16.8. The van der Waals surface area contributed by atoms with Gasteiger partial charge in [-0.25, -0.2) is 13.2 Å². The predicted molar refractivity (Wildman–Crippen MR) is 191 cm³/mol. The van der Waals surface area contributed by atoms with Crippen LogP contribution in [0, 0.1) is 28.6 Å². The first-order valence-corrected chi connectivity index (χ1v) is 20.7. The van der Waals surface area contributed by atoms with Crippen LogP contribution in [0.15, 0.2) is 12.7 Å². The maximum absolute atomic E-state index is 14.8. The minimum atomic E-state index is -3.39. The number of rotatable bonds is 15. The lowest BCUT2D eigenvalue weighted by Gasteiger charge is -2.44. The number of nitrogens with zero attached hydrogens (tertiary/aromatic N) is 1. The van der Waals surface area contributed by atoms with Gasteiger partial charge in [0.05, 0.1) is 17.3 Å². The molecular formula is C37H59N5O7S. The molecule has 0 aromatic rings. The molecule has 5 rings (SSSR count). The van der Waals surface area contributed by atoms with Crippen molar-refractivity contribution in [1.82, 2.24) is 26.2 Å². The SMILES string of the molecule is C=CCNC(=O)C(=O)C(CC1CC1)NC(=O)[C@@H]1[C@@H]2[C@H](CN1C(=O)[C@@H](NC(=O)NC1(CS(=O)(=O)CC)CCCCC1)C1(C)CCCCC1)C2(C)C. The summed E-state index contributed by atoms with van der Waals surface area (Å²) in [6, 6.07) is -3.35. The quantitative estimate of drug-likeness (QED) is 0.149. The molecule has 0 bridgehead atoms. The van der Waals surface area contributed by atoms with Gasteiger partial charge in [-0.15, -0.1) is 6.58 Å².